The van der Waals surface area contributed by atoms with Gasteiger partial charge in [0.25, 0.3) is 0 Å². The van der Waals surface area contributed by atoms with E-state index in [4.69, 9.17) is 21.1 Å². The van der Waals surface area contributed by atoms with E-state index in [9.17, 15) is 4.79 Å². The van der Waals surface area contributed by atoms with Gasteiger partial charge in [-0.05, 0) is 29.8 Å². The Balaban J connectivity index is 1.84. The zero-order valence-electron chi connectivity index (χ0n) is 16.4. The van der Waals surface area contributed by atoms with Crippen LogP contribution in [-0.2, 0) is 11.8 Å². The van der Waals surface area contributed by atoms with Gasteiger partial charge >= 0.3 is 0 Å². The van der Waals surface area contributed by atoms with Crippen LogP contribution in [0.5, 0.6) is 11.5 Å². The second kappa shape index (κ2) is 9.71. The molecular weight excluding hydrogens is 410 g/mol. The molecule has 152 valence electrons. The minimum Gasteiger partial charge on any atom is -0.497 e. The van der Waals surface area contributed by atoms with E-state index < -0.39 is 6.04 Å². The van der Waals surface area contributed by atoms with Crippen molar-refractivity contribution < 1.29 is 14.3 Å². The first-order valence-corrected chi connectivity index (χ1v) is 10.2. The predicted molar refractivity (Wildman–Crippen MR) is 115 cm³/mol. The standard InChI is InChI=1S/C21H22ClN3O3S/c1-25-9-8-23-21(25)20(14-10-15(27-2)12-16(11-14)28-3)24-19(26)13-29-18-7-5-4-6-17(18)22/h4-12,20H,13H2,1-3H3,(H,24,26). The number of nitrogens with one attached hydrogen (secondary N) is 1. The Kier molecular flexibility index (Phi) is 7.06. The van der Waals surface area contributed by atoms with E-state index in [0.29, 0.717) is 22.3 Å². The number of benzene rings is 2. The molecule has 0 aliphatic heterocycles. The quantitative estimate of drug-likeness (QED) is 0.544. The Labute approximate surface area is 179 Å². The highest BCUT2D eigenvalue weighted by atomic mass is 35.5. The first kappa shape index (κ1) is 21.1. The summed E-state index contributed by atoms with van der Waals surface area (Å²) in [4.78, 5) is 18.0. The van der Waals surface area contributed by atoms with Crippen LogP contribution in [0, 0.1) is 0 Å². The third kappa shape index (κ3) is 5.25. The number of methoxy groups -OCH3 is 2. The number of aromatic nitrogens is 2. The molecule has 1 atom stereocenters. The van der Waals surface area contributed by atoms with Gasteiger partial charge < -0.3 is 19.4 Å². The van der Waals surface area contributed by atoms with Gasteiger partial charge in [-0.15, -0.1) is 11.8 Å². The summed E-state index contributed by atoms with van der Waals surface area (Å²) >= 11 is 7.57. The molecule has 6 nitrogen and oxygen atoms in total. The highest BCUT2D eigenvalue weighted by Gasteiger charge is 2.22. The van der Waals surface area contributed by atoms with Crippen LogP contribution in [0.1, 0.15) is 17.4 Å². The molecule has 0 fully saturated rings. The van der Waals surface area contributed by atoms with Crippen molar-refractivity contribution in [3.05, 3.63) is 71.3 Å². The lowest BCUT2D eigenvalue weighted by Crippen LogP contribution is -2.32. The highest BCUT2D eigenvalue weighted by Crippen LogP contribution is 2.30. The summed E-state index contributed by atoms with van der Waals surface area (Å²) in [5.74, 6) is 2.07. The lowest BCUT2D eigenvalue weighted by Gasteiger charge is -2.20. The van der Waals surface area contributed by atoms with Crippen molar-refractivity contribution in [3.8, 4) is 11.5 Å². The summed E-state index contributed by atoms with van der Waals surface area (Å²) in [5.41, 5.74) is 0.812. The molecule has 3 aromatic rings. The number of aryl methyl sites for hydroxylation is 1. The summed E-state index contributed by atoms with van der Waals surface area (Å²) in [6.45, 7) is 0. The van der Waals surface area contributed by atoms with Gasteiger partial charge in [-0.3, -0.25) is 4.79 Å². The summed E-state index contributed by atoms with van der Waals surface area (Å²) in [6, 6.07) is 12.5. The van der Waals surface area contributed by atoms with E-state index in [-0.39, 0.29) is 11.7 Å². The smallest absolute Gasteiger partial charge is 0.231 e. The van der Waals surface area contributed by atoms with E-state index >= 15 is 0 Å². The van der Waals surface area contributed by atoms with Crippen molar-refractivity contribution in [2.45, 2.75) is 10.9 Å². The lowest BCUT2D eigenvalue weighted by atomic mass is 10.0. The Morgan fingerprint density at radius 1 is 1.21 bits per heavy atom. The fourth-order valence-electron chi connectivity index (χ4n) is 2.86. The van der Waals surface area contributed by atoms with Crippen LogP contribution in [0.15, 0.2) is 59.8 Å². The van der Waals surface area contributed by atoms with E-state index in [1.807, 2.05) is 48.1 Å². The van der Waals surface area contributed by atoms with Gasteiger partial charge in [-0.25, -0.2) is 4.98 Å². The molecule has 1 N–H and O–H groups in total. The van der Waals surface area contributed by atoms with Crippen LogP contribution in [0.4, 0.5) is 0 Å². The van der Waals surface area contributed by atoms with Crippen LogP contribution in [0.2, 0.25) is 5.02 Å². The molecule has 1 heterocycles. The molecule has 0 saturated heterocycles. The van der Waals surface area contributed by atoms with Crippen LogP contribution < -0.4 is 14.8 Å². The Hall–Kier alpha value is -2.64. The molecule has 29 heavy (non-hydrogen) atoms. The normalized spacial score (nSPS) is 11.7. The van der Waals surface area contributed by atoms with E-state index in [1.54, 1.807) is 32.5 Å². The lowest BCUT2D eigenvalue weighted by molar-refractivity contribution is -0.119. The summed E-state index contributed by atoms with van der Waals surface area (Å²) < 4.78 is 12.6. The molecule has 8 heteroatoms. The minimum atomic E-state index is -0.460. The summed E-state index contributed by atoms with van der Waals surface area (Å²) in [5, 5.41) is 3.70. The first-order valence-electron chi connectivity index (χ1n) is 8.88. The maximum absolute atomic E-state index is 12.8. The zero-order chi connectivity index (χ0) is 20.8. The molecule has 0 radical (unpaired) electrons. The molecule has 0 spiro atoms. The van der Waals surface area contributed by atoms with Gasteiger partial charge in [0.1, 0.15) is 23.4 Å². The SMILES string of the molecule is COc1cc(OC)cc(C(NC(=O)CSc2ccccc2Cl)c2nccn2C)c1. The zero-order valence-corrected chi connectivity index (χ0v) is 18.0. The van der Waals surface area contributed by atoms with Crippen molar-refractivity contribution in [3.63, 3.8) is 0 Å². The van der Waals surface area contributed by atoms with Crippen LogP contribution >= 0.6 is 23.4 Å². The van der Waals surface area contributed by atoms with Gasteiger partial charge in [-0.1, -0.05) is 23.7 Å². The molecule has 1 amide bonds. The number of hydrogen-bond acceptors (Lipinski definition) is 5. The molecular formula is C21H22ClN3O3S. The van der Waals surface area contributed by atoms with Crippen molar-refractivity contribution in [2.24, 2.45) is 7.05 Å². The highest BCUT2D eigenvalue weighted by molar-refractivity contribution is 8.00. The number of ether oxygens (including phenoxy) is 2. The number of carbonyl (C=O) groups is 1. The number of hydrogen-bond donors (Lipinski definition) is 1. The van der Waals surface area contributed by atoms with E-state index in [0.717, 1.165) is 10.5 Å². The largest absolute Gasteiger partial charge is 0.497 e. The van der Waals surface area contributed by atoms with Crippen LogP contribution in [-0.4, -0.2) is 35.4 Å². The van der Waals surface area contributed by atoms with Crippen molar-refractivity contribution in [2.75, 3.05) is 20.0 Å². The monoisotopic (exact) mass is 431 g/mol. The maximum atomic E-state index is 12.8. The average molecular weight is 432 g/mol. The van der Waals surface area contributed by atoms with Gasteiger partial charge in [0.05, 0.1) is 25.0 Å². The first-order chi connectivity index (χ1) is 14.0. The molecule has 3 rings (SSSR count). The second-order valence-corrected chi connectivity index (χ2v) is 7.69. The number of thioether (sulfide) groups is 1. The summed E-state index contributed by atoms with van der Waals surface area (Å²) in [7, 11) is 5.07. The number of carbonyl (C=O) groups excluding carboxylic acids is 1. The van der Waals surface area contributed by atoms with Crippen LogP contribution in [0.3, 0.4) is 0 Å². The van der Waals surface area contributed by atoms with Gasteiger partial charge in [-0.2, -0.15) is 0 Å². The van der Waals surface area contributed by atoms with Gasteiger partial charge in [0.2, 0.25) is 5.91 Å². The van der Waals surface area contributed by atoms with Crippen molar-refractivity contribution in [1.29, 1.82) is 0 Å². The van der Waals surface area contributed by atoms with Crippen molar-refractivity contribution in [1.82, 2.24) is 14.9 Å². The number of rotatable bonds is 8. The van der Waals surface area contributed by atoms with Crippen molar-refractivity contribution >= 4 is 29.3 Å². The van der Waals surface area contributed by atoms with E-state index in [2.05, 4.69) is 10.3 Å². The Bertz CT molecular complexity index is 971. The minimum absolute atomic E-state index is 0.135. The topological polar surface area (TPSA) is 65.4 Å². The Morgan fingerprint density at radius 3 is 2.48 bits per heavy atom. The van der Waals surface area contributed by atoms with Crippen LogP contribution in [0.25, 0.3) is 0 Å². The molecule has 1 unspecified atom stereocenters. The van der Waals surface area contributed by atoms with Gasteiger partial charge in [0, 0.05) is 30.4 Å². The average Bonchev–Trinajstić information content (AvgIpc) is 3.16. The summed E-state index contributed by atoms with van der Waals surface area (Å²) in [6.07, 6.45) is 3.54. The fraction of sp³-hybridized carbons (Fsp3) is 0.238. The number of imidazole rings is 1. The number of amides is 1. The molecule has 0 aliphatic rings. The molecule has 0 bridgehead atoms. The number of halogens is 1. The maximum Gasteiger partial charge on any atom is 0.231 e. The van der Waals surface area contributed by atoms with E-state index in [1.165, 1.54) is 11.8 Å². The van der Waals surface area contributed by atoms with Gasteiger partial charge in [0.15, 0.2) is 0 Å². The molecule has 0 saturated carbocycles. The third-order valence-electron chi connectivity index (χ3n) is 4.32. The number of nitrogens with zero attached hydrogens (tertiary/aromatic N) is 2. The predicted octanol–water partition coefficient (Wildman–Crippen LogP) is 4.09. The molecule has 0 aliphatic carbocycles. The molecule has 2 aromatic carbocycles. The third-order valence-corrected chi connectivity index (χ3v) is 5.84. The second-order valence-electron chi connectivity index (χ2n) is 6.26. The molecule has 1 aromatic heterocycles. The Morgan fingerprint density at radius 2 is 1.90 bits per heavy atom. The fourth-order valence-corrected chi connectivity index (χ4v) is 3.91.